The largest absolute Gasteiger partial charge is 0.383 e. The number of hydrogen-bond donors (Lipinski definition) is 1. The van der Waals surface area contributed by atoms with Crippen molar-refractivity contribution >= 4 is 29.0 Å². The molecule has 2 amide bonds. The maximum atomic E-state index is 12.1. The molecule has 1 N–H and O–H groups in total. The van der Waals surface area contributed by atoms with Gasteiger partial charge < -0.3 is 15.0 Å². The number of piperazine rings is 1. The molecule has 1 saturated heterocycles. The van der Waals surface area contributed by atoms with Gasteiger partial charge in [-0.15, -0.1) is 11.3 Å². The minimum atomic E-state index is -0.00151. The molecule has 2 rings (SSSR count). The molecule has 1 aliphatic heterocycles. The molecule has 1 aliphatic rings. The average Bonchev–Trinajstić information content (AvgIpc) is 2.85. The number of rotatable bonds is 5. The maximum absolute atomic E-state index is 12.1. The summed E-state index contributed by atoms with van der Waals surface area (Å²) >= 11 is 7.56. The summed E-state index contributed by atoms with van der Waals surface area (Å²) in [5, 5.41) is 2.95. The molecule has 0 radical (unpaired) electrons. The molecule has 0 aliphatic carbocycles. The number of carbonyl (C=O) groups is 1. The van der Waals surface area contributed by atoms with E-state index in [9.17, 15) is 4.79 Å². The molecule has 1 atom stereocenters. The monoisotopic (exact) mass is 331 g/mol. The highest BCUT2D eigenvalue weighted by Gasteiger charge is 2.22. The van der Waals surface area contributed by atoms with Gasteiger partial charge in [-0.1, -0.05) is 11.6 Å². The summed E-state index contributed by atoms with van der Waals surface area (Å²) in [5.41, 5.74) is 0. The number of nitrogens with zero attached hydrogens (tertiary/aromatic N) is 2. The van der Waals surface area contributed by atoms with E-state index in [0.717, 1.165) is 37.1 Å². The lowest BCUT2D eigenvalue weighted by atomic mass is 10.3. The molecule has 2 heterocycles. The first-order chi connectivity index (χ1) is 10.1. The molecule has 5 nitrogen and oxygen atoms in total. The fourth-order valence-corrected chi connectivity index (χ4v) is 3.49. The second kappa shape index (κ2) is 7.98. The van der Waals surface area contributed by atoms with Gasteiger partial charge in [-0.25, -0.2) is 4.79 Å². The third-order valence-corrected chi connectivity index (χ3v) is 4.67. The molecule has 0 spiro atoms. The van der Waals surface area contributed by atoms with Crippen LogP contribution in [-0.2, 0) is 11.3 Å². The molecule has 1 aromatic heterocycles. The normalized spacial score (nSPS) is 17.8. The van der Waals surface area contributed by atoms with E-state index in [1.807, 2.05) is 17.9 Å². The SMILES string of the molecule is COCC(C)NC(=O)N1CCN(Cc2ccc(Cl)s2)CC1. The number of halogens is 1. The molecule has 1 aromatic rings. The van der Waals surface area contributed by atoms with Crippen LogP contribution in [0.2, 0.25) is 4.34 Å². The first kappa shape index (κ1) is 16.5. The van der Waals surface area contributed by atoms with Crippen molar-refractivity contribution in [3.8, 4) is 0 Å². The molecular weight excluding hydrogens is 310 g/mol. The first-order valence-electron chi connectivity index (χ1n) is 7.09. The Labute approximate surface area is 134 Å². The van der Waals surface area contributed by atoms with Crippen molar-refractivity contribution in [2.75, 3.05) is 39.9 Å². The van der Waals surface area contributed by atoms with Gasteiger partial charge in [-0.2, -0.15) is 0 Å². The quantitative estimate of drug-likeness (QED) is 0.900. The zero-order valence-electron chi connectivity index (χ0n) is 12.5. The van der Waals surface area contributed by atoms with Crippen LogP contribution in [0.5, 0.6) is 0 Å². The van der Waals surface area contributed by atoms with Gasteiger partial charge in [0.1, 0.15) is 0 Å². The van der Waals surface area contributed by atoms with Crippen LogP contribution in [0.3, 0.4) is 0 Å². The van der Waals surface area contributed by atoms with E-state index in [4.69, 9.17) is 16.3 Å². The molecule has 0 aromatic carbocycles. The number of methoxy groups -OCH3 is 1. The fourth-order valence-electron chi connectivity index (χ4n) is 2.36. The van der Waals surface area contributed by atoms with E-state index in [-0.39, 0.29) is 12.1 Å². The topological polar surface area (TPSA) is 44.8 Å². The van der Waals surface area contributed by atoms with Crippen molar-refractivity contribution in [1.82, 2.24) is 15.1 Å². The predicted molar refractivity (Wildman–Crippen MR) is 86.0 cm³/mol. The van der Waals surface area contributed by atoms with Crippen molar-refractivity contribution in [3.63, 3.8) is 0 Å². The van der Waals surface area contributed by atoms with Gasteiger partial charge in [0.05, 0.1) is 17.0 Å². The van der Waals surface area contributed by atoms with Gasteiger partial charge >= 0.3 is 6.03 Å². The van der Waals surface area contributed by atoms with Crippen LogP contribution in [0.15, 0.2) is 12.1 Å². The number of urea groups is 1. The average molecular weight is 332 g/mol. The number of nitrogens with one attached hydrogen (secondary N) is 1. The highest BCUT2D eigenvalue weighted by Crippen LogP contribution is 2.23. The van der Waals surface area contributed by atoms with Crippen LogP contribution in [0.4, 0.5) is 4.79 Å². The molecule has 1 unspecified atom stereocenters. The summed E-state index contributed by atoms with van der Waals surface area (Å²) in [5.74, 6) is 0. The Morgan fingerprint density at radius 2 is 2.14 bits per heavy atom. The van der Waals surface area contributed by atoms with E-state index in [1.54, 1.807) is 18.4 Å². The van der Waals surface area contributed by atoms with E-state index >= 15 is 0 Å². The van der Waals surface area contributed by atoms with Crippen LogP contribution in [0.25, 0.3) is 0 Å². The highest BCUT2D eigenvalue weighted by molar-refractivity contribution is 7.16. The smallest absolute Gasteiger partial charge is 0.317 e. The lowest BCUT2D eigenvalue weighted by Crippen LogP contribution is -2.53. The van der Waals surface area contributed by atoms with Crippen molar-refractivity contribution in [1.29, 1.82) is 0 Å². The summed E-state index contributed by atoms with van der Waals surface area (Å²) in [7, 11) is 1.64. The summed E-state index contributed by atoms with van der Waals surface area (Å²) in [6, 6.07) is 4.04. The number of hydrogen-bond acceptors (Lipinski definition) is 4. The number of carbonyl (C=O) groups excluding carboxylic acids is 1. The Morgan fingerprint density at radius 1 is 1.43 bits per heavy atom. The summed E-state index contributed by atoms with van der Waals surface area (Å²) in [6.45, 7) is 6.68. The summed E-state index contributed by atoms with van der Waals surface area (Å²) < 4.78 is 5.86. The zero-order valence-corrected chi connectivity index (χ0v) is 14.0. The molecule has 7 heteroatoms. The first-order valence-corrected chi connectivity index (χ1v) is 8.29. The van der Waals surface area contributed by atoms with Crippen molar-refractivity contribution in [2.45, 2.75) is 19.5 Å². The molecule has 21 heavy (non-hydrogen) atoms. The Kier molecular flexibility index (Phi) is 6.29. The highest BCUT2D eigenvalue weighted by atomic mass is 35.5. The third kappa shape index (κ3) is 5.14. The van der Waals surface area contributed by atoms with Gasteiger partial charge in [0.25, 0.3) is 0 Å². The molecule has 118 valence electrons. The minimum Gasteiger partial charge on any atom is -0.383 e. The van der Waals surface area contributed by atoms with Crippen LogP contribution in [-0.4, -0.2) is 61.8 Å². The van der Waals surface area contributed by atoms with Crippen LogP contribution in [0.1, 0.15) is 11.8 Å². The van der Waals surface area contributed by atoms with Crippen LogP contribution >= 0.6 is 22.9 Å². The number of thiophene rings is 1. The standard InChI is InChI=1S/C14H22ClN3O2S/c1-11(10-20-2)16-14(19)18-7-5-17(6-8-18)9-12-3-4-13(15)21-12/h3-4,11H,5-10H2,1-2H3,(H,16,19). The molecular formula is C14H22ClN3O2S. The zero-order chi connectivity index (χ0) is 15.2. The molecule has 0 bridgehead atoms. The van der Waals surface area contributed by atoms with Crippen LogP contribution in [0, 0.1) is 0 Å². The van der Waals surface area contributed by atoms with E-state index in [0.29, 0.717) is 6.61 Å². The Bertz CT molecular complexity index is 461. The Hall–Kier alpha value is -0.820. The van der Waals surface area contributed by atoms with E-state index in [2.05, 4.69) is 16.3 Å². The molecule has 0 saturated carbocycles. The van der Waals surface area contributed by atoms with E-state index in [1.165, 1.54) is 4.88 Å². The van der Waals surface area contributed by atoms with Crippen molar-refractivity contribution < 1.29 is 9.53 Å². The van der Waals surface area contributed by atoms with Gasteiger partial charge in [0.2, 0.25) is 0 Å². The second-order valence-corrected chi connectivity index (χ2v) is 7.07. The number of amides is 2. The summed E-state index contributed by atoms with van der Waals surface area (Å²) in [6.07, 6.45) is 0. The van der Waals surface area contributed by atoms with E-state index < -0.39 is 0 Å². The fraction of sp³-hybridized carbons (Fsp3) is 0.643. The third-order valence-electron chi connectivity index (χ3n) is 3.45. The molecule has 1 fully saturated rings. The van der Waals surface area contributed by atoms with Crippen LogP contribution < -0.4 is 5.32 Å². The van der Waals surface area contributed by atoms with Crippen molar-refractivity contribution in [2.24, 2.45) is 0 Å². The lowest BCUT2D eigenvalue weighted by Gasteiger charge is -2.35. The van der Waals surface area contributed by atoms with Crippen molar-refractivity contribution in [3.05, 3.63) is 21.3 Å². The second-order valence-electron chi connectivity index (χ2n) is 5.27. The number of ether oxygens (including phenoxy) is 1. The van der Waals surface area contributed by atoms with Gasteiger partial charge in [0.15, 0.2) is 0 Å². The predicted octanol–water partition coefficient (Wildman–Crippen LogP) is 2.26. The van der Waals surface area contributed by atoms with Gasteiger partial charge in [-0.05, 0) is 19.1 Å². The minimum absolute atomic E-state index is 0.00151. The Balaban J connectivity index is 1.73. The lowest BCUT2D eigenvalue weighted by molar-refractivity contribution is 0.126. The Morgan fingerprint density at radius 3 is 2.71 bits per heavy atom. The summed E-state index contributed by atoms with van der Waals surface area (Å²) in [4.78, 5) is 17.6. The van der Waals surface area contributed by atoms with Gasteiger partial charge in [-0.3, -0.25) is 4.90 Å². The maximum Gasteiger partial charge on any atom is 0.317 e. The van der Waals surface area contributed by atoms with Gasteiger partial charge in [0, 0.05) is 44.7 Å².